The lowest BCUT2D eigenvalue weighted by molar-refractivity contribution is 0.412. The Hall–Kier alpha value is -1.37. The third-order valence-electron chi connectivity index (χ3n) is 2.46. The van der Waals surface area contributed by atoms with Crippen LogP contribution in [0, 0.1) is 5.41 Å². The van der Waals surface area contributed by atoms with Crippen molar-refractivity contribution in [2.45, 2.75) is 27.2 Å². The summed E-state index contributed by atoms with van der Waals surface area (Å²) in [7, 11) is 0. The number of rotatable bonds is 1. The van der Waals surface area contributed by atoms with Crippen molar-refractivity contribution in [1.82, 2.24) is 4.98 Å². The summed E-state index contributed by atoms with van der Waals surface area (Å²) in [5.41, 5.74) is 2.82. The first-order valence-corrected chi connectivity index (χ1v) is 5.39. The maximum Gasteiger partial charge on any atom is 0.0704 e. The van der Waals surface area contributed by atoms with Crippen molar-refractivity contribution in [3.05, 3.63) is 42.1 Å². The molecule has 0 aliphatic rings. The molecular formula is C14H17N. The summed E-state index contributed by atoms with van der Waals surface area (Å²) < 4.78 is 0. The van der Waals surface area contributed by atoms with E-state index in [1.807, 2.05) is 12.3 Å². The lowest BCUT2D eigenvalue weighted by Crippen LogP contribution is -2.09. The molecule has 1 aromatic carbocycles. The number of hydrogen-bond acceptors (Lipinski definition) is 1. The van der Waals surface area contributed by atoms with Crippen molar-refractivity contribution in [3.63, 3.8) is 0 Å². The second kappa shape index (κ2) is 3.65. The molecule has 0 aliphatic heterocycles. The molecule has 0 spiro atoms. The van der Waals surface area contributed by atoms with Crippen LogP contribution < -0.4 is 0 Å². The summed E-state index contributed by atoms with van der Waals surface area (Å²) in [6, 6.07) is 10.5. The Balaban J connectivity index is 2.52. The van der Waals surface area contributed by atoms with Crippen LogP contribution in [0.15, 0.2) is 36.5 Å². The van der Waals surface area contributed by atoms with Gasteiger partial charge in [-0.2, -0.15) is 0 Å². The molecule has 0 aliphatic carbocycles. The van der Waals surface area contributed by atoms with Crippen LogP contribution in [-0.4, -0.2) is 4.98 Å². The van der Waals surface area contributed by atoms with Gasteiger partial charge < -0.3 is 0 Å². The van der Waals surface area contributed by atoms with Gasteiger partial charge in [-0.05, 0) is 29.5 Å². The molecule has 0 amide bonds. The van der Waals surface area contributed by atoms with Gasteiger partial charge in [0.2, 0.25) is 0 Å². The van der Waals surface area contributed by atoms with Crippen LogP contribution in [0.1, 0.15) is 26.3 Å². The lowest BCUT2D eigenvalue weighted by atomic mass is 9.87. The summed E-state index contributed by atoms with van der Waals surface area (Å²) >= 11 is 0. The van der Waals surface area contributed by atoms with Crippen molar-refractivity contribution < 1.29 is 0 Å². The number of nitrogens with zero attached hydrogens (tertiary/aromatic N) is 1. The average molecular weight is 199 g/mol. The lowest BCUT2D eigenvalue weighted by Gasteiger charge is -2.19. The van der Waals surface area contributed by atoms with Crippen LogP contribution in [0.2, 0.25) is 0 Å². The fourth-order valence-electron chi connectivity index (χ4n) is 1.88. The molecule has 2 aromatic rings. The molecule has 1 aromatic heterocycles. The Morgan fingerprint density at radius 3 is 2.53 bits per heavy atom. The van der Waals surface area contributed by atoms with Crippen LogP contribution in [0.4, 0.5) is 0 Å². The third-order valence-corrected chi connectivity index (χ3v) is 2.46. The molecule has 0 bridgehead atoms. The highest BCUT2D eigenvalue weighted by atomic mass is 14.6. The Morgan fingerprint density at radius 2 is 1.80 bits per heavy atom. The predicted octanol–water partition coefficient (Wildman–Crippen LogP) is 3.82. The van der Waals surface area contributed by atoms with E-state index in [0.29, 0.717) is 5.41 Å². The highest BCUT2D eigenvalue weighted by Crippen LogP contribution is 2.25. The molecule has 78 valence electrons. The van der Waals surface area contributed by atoms with E-state index in [1.165, 1.54) is 10.9 Å². The zero-order valence-electron chi connectivity index (χ0n) is 9.62. The van der Waals surface area contributed by atoms with E-state index >= 15 is 0 Å². The molecule has 15 heavy (non-hydrogen) atoms. The Bertz CT molecular complexity index is 461. The normalized spacial score (nSPS) is 11.9. The fourth-order valence-corrected chi connectivity index (χ4v) is 1.88. The summed E-state index contributed by atoms with van der Waals surface area (Å²) in [5, 5.41) is 1.29. The van der Waals surface area contributed by atoms with Gasteiger partial charge in [-0.1, -0.05) is 39.0 Å². The minimum atomic E-state index is 0.324. The van der Waals surface area contributed by atoms with Gasteiger partial charge in [-0.3, -0.25) is 4.98 Å². The van der Waals surface area contributed by atoms with E-state index in [4.69, 9.17) is 0 Å². The molecule has 0 unspecified atom stereocenters. The van der Waals surface area contributed by atoms with Gasteiger partial charge in [0.25, 0.3) is 0 Å². The van der Waals surface area contributed by atoms with E-state index < -0.39 is 0 Å². The smallest absolute Gasteiger partial charge is 0.0704 e. The number of hydrogen-bond donors (Lipinski definition) is 0. The molecule has 2 rings (SSSR count). The number of para-hydroxylation sites is 1. The van der Waals surface area contributed by atoms with Crippen molar-refractivity contribution in [3.8, 4) is 0 Å². The van der Waals surface area contributed by atoms with E-state index in [0.717, 1.165) is 11.9 Å². The van der Waals surface area contributed by atoms with E-state index in [-0.39, 0.29) is 0 Å². The molecule has 0 saturated heterocycles. The van der Waals surface area contributed by atoms with Crippen LogP contribution in [0.5, 0.6) is 0 Å². The predicted molar refractivity (Wildman–Crippen MR) is 64.9 cm³/mol. The van der Waals surface area contributed by atoms with Gasteiger partial charge in [0.1, 0.15) is 0 Å². The Labute approximate surface area is 91.2 Å². The summed E-state index contributed by atoms with van der Waals surface area (Å²) in [6.45, 7) is 6.80. The standard InChI is InChI=1S/C14H17N/c1-14(2,3)10-11-8-9-15-13-7-5-4-6-12(11)13/h4-9H,10H2,1-3H3. The van der Waals surface area contributed by atoms with E-state index in [9.17, 15) is 0 Å². The van der Waals surface area contributed by atoms with E-state index in [1.54, 1.807) is 0 Å². The van der Waals surface area contributed by atoms with Crippen molar-refractivity contribution in [2.24, 2.45) is 5.41 Å². The molecule has 0 radical (unpaired) electrons. The molecular weight excluding hydrogens is 182 g/mol. The summed E-state index contributed by atoms with van der Waals surface area (Å²) in [5.74, 6) is 0. The third kappa shape index (κ3) is 2.35. The van der Waals surface area contributed by atoms with Gasteiger partial charge >= 0.3 is 0 Å². The topological polar surface area (TPSA) is 12.9 Å². The first-order valence-electron chi connectivity index (χ1n) is 5.39. The first kappa shape index (κ1) is 10.2. The van der Waals surface area contributed by atoms with E-state index in [2.05, 4.69) is 50.0 Å². The molecule has 1 heterocycles. The number of fused-ring (bicyclic) bond motifs is 1. The van der Waals surface area contributed by atoms with Gasteiger partial charge in [0.05, 0.1) is 5.52 Å². The largest absolute Gasteiger partial charge is 0.256 e. The molecule has 0 saturated carbocycles. The second-order valence-electron chi connectivity index (χ2n) is 5.22. The van der Waals surface area contributed by atoms with Crippen LogP contribution in [0.3, 0.4) is 0 Å². The number of aromatic nitrogens is 1. The average Bonchev–Trinajstić information content (AvgIpc) is 2.16. The van der Waals surface area contributed by atoms with Crippen LogP contribution >= 0.6 is 0 Å². The van der Waals surface area contributed by atoms with Crippen molar-refractivity contribution >= 4 is 10.9 Å². The highest BCUT2D eigenvalue weighted by molar-refractivity contribution is 5.81. The van der Waals surface area contributed by atoms with Gasteiger partial charge in [-0.25, -0.2) is 0 Å². The zero-order valence-corrected chi connectivity index (χ0v) is 9.62. The SMILES string of the molecule is CC(C)(C)Cc1ccnc2ccccc12. The summed E-state index contributed by atoms with van der Waals surface area (Å²) in [6.07, 6.45) is 3.00. The quantitative estimate of drug-likeness (QED) is 0.680. The van der Waals surface area contributed by atoms with Crippen molar-refractivity contribution in [1.29, 1.82) is 0 Å². The molecule has 1 nitrogen and oxygen atoms in total. The number of pyridine rings is 1. The molecule has 0 N–H and O–H groups in total. The van der Waals surface area contributed by atoms with Crippen LogP contribution in [0.25, 0.3) is 10.9 Å². The van der Waals surface area contributed by atoms with Crippen LogP contribution in [-0.2, 0) is 6.42 Å². The Morgan fingerprint density at radius 1 is 1.07 bits per heavy atom. The fraction of sp³-hybridized carbons (Fsp3) is 0.357. The molecule has 1 heteroatoms. The maximum atomic E-state index is 4.37. The first-order chi connectivity index (χ1) is 7.06. The summed E-state index contributed by atoms with van der Waals surface area (Å²) in [4.78, 5) is 4.37. The van der Waals surface area contributed by atoms with Gasteiger partial charge in [0.15, 0.2) is 0 Å². The second-order valence-corrected chi connectivity index (χ2v) is 5.22. The molecule has 0 atom stereocenters. The highest BCUT2D eigenvalue weighted by Gasteiger charge is 2.13. The van der Waals surface area contributed by atoms with Gasteiger partial charge in [-0.15, -0.1) is 0 Å². The zero-order chi connectivity index (χ0) is 10.9. The maximum absolute atomic E-state index is 4.37. The minimum Gasteiger partial charge on any atom is -0.256 e. The Kier molecular flexibility index (Phi) is 2.47. The monoisotopic (exact) mass is 199 g/mol. The minimum absolute atomic E-state index is 0.324. The number of benzene rings is 1. The molecule has 0 fully saturated rings. The van der Waals surface area contributed by atoms with Gasteiger partial charge in [0, 0.05) is 11.6 Å². The van der Waals surface area contributed by atoms with Crippen molar-refractivity contribution in [2.75, 3.05) is 0 Å².